The van der Waals surface area contributed by atoms with Gasteiger partial charge in [0.2, 0.25) is 5.88 Å². The second kappa shape index (κ2) is 6.68. The molecule has 1 saturated heterocycles. The predicted molar refractivity (Wildman–Crippen MR) is 109 cm³/mol. The summed E-state index contributed by atoms with van der Waals surface area (Å²) in [5.74, 6) is 2.50. The van der Waals surface area contributed by atoms with Crippen molar-refractivity contribution in [2.24, 2.45) is 5.92 Å². The fraction of sp³-hybridized carbons (Fsp3) is 0.478. The third-order valence-electron chi connectivity index (χ3n) is 7.24. The van der Waals surface area contributed by atoms with Crippen molar-refractivity contribution in [3.05, 3.63) is 54.0 Å². The third-order valence-corrected chi connectivity index (χ3v) is 7.24. The summed E-state index contributed by atoms with van der Waals surface area (Å²) in [6.45, 7) is 1.23. The van der Waals surface area contributed by atoms with E-state index in [1.807, 2.05) is 6.07 Å². The number of benzene rings is 1. The summed E-state index contributed by atoms with van der Waals surface area (Å²) in [6, 6.07) is 4.68. The van der Waals surface area contributed by atoms with Crippen LogP contribution in [-0.2, 0) is 16.6 Å². The SMILES string of the molecule is COCOc1ccc2c3c1O[C@H]1[C@@H](Oc4cnccn4)C=C[C@H]4[C@@H](C2)N(C)CC[C@@]341. The molecule has 156 valence electrons. The summed E-state index contributed by atoms with van der Waals surface area (Å²) in [6.07, 6.45) is 11.1. The molecule has 5 atom stereocenters. The summed E-state index contributed by atoms with van der Waals surface area (Å²) in [7, 11) is 3.86. The Morgan fingerprint density at radius 1 is 1.27 bits per heavy atom. The lowest BCUT2D eigenvalue weighted by Gasteiger charge is -2.56. The van der Waals surface area contributed by atoms with Gasteiger partial charge in [-0.2, -0.15) is 0 Å². The van der Waals surface area contributed by atoms with Crippen molar-refractivity contribution in [1.82, 2.24) is 14.9 Å². The number of nitrogens with zero attached hydrogens (tertiary/aromatic N) is 3. The van der Waals surface area contributed by atoms with Crippen LogP contribution in [0.15, 0.2) is 42.9 Å². The number of aromatic nitrogens is 2. The molecule has 1 aromatic heterocycles. The van der Waals surface area contributed by atoms with Crippen LogP contribution in [0.5, 0.6) is 17.4 Å². The van der Waals surface area contributed by atoms with Crippen LogP contribution < -0.4 is 14.2 Å². The molecular formula is C23H25N3O4. The molecule has 4 aliphatic rings. The van der Waals surface area contributed by atoms with Crippen molar-refractivity contribution in [1.29, 1.82) is 0 Å². The van der Waals surface area contributed by atoms with Crippen LogP contribution in [0.2, 0.25) is 0 Å². The Hall–Kier alpha value is -2.64. The quantitative estimate of drug-likeness (QED) is 0.557. The summed E-state index contributed by atoms with van der Waals surface area (Å²) >= 11 is 0. The fourth-order valence-corrected chi connectivity index (χ4v) is 6.03. The standard InChI is InChI=1S/C23H25N3O4/c1-26-10-7-23-15-4-6-18(29-19-12-24-8-9-25-19)22(23)30-21-17(28-13-27-2)5-3-14(20(21)23)11-16(15)26/h3-6,8-9,12,15-16,18,22H,7,10-11,13H2,1-2H3/t15-,16+,18-,22-,23-/m0/s1. The number of hydrogen-bond acceptors (Lipinski definition) is 7. The van der Waals surface area contributed by atoms with Crippen LogP contribution in [0.1, 0.15) is 17.5 Å². The first-order chi connectivity index (χ1) is 14.7. The molecule has 2 aliphatic heterocycles. The Balaban J connectivity index is 1.48. The highest BCUT2D eigenvalue weighted by Gasteiger charge is 2.65. The Morgan fingerprint density at radius 3 is 3.03 bits per heavy atom. The molecule has 2 aromatic rings. The zero-order valence-corrected chi connectivity index (χ0v) is 17.2. The van der Waals surface area contributed by atoms with E-state index in [1.54, 1.807) is 25.7 Å². The van der Waals surface area contributed by atoms with Gasteiger partial charge in [-0.1, -0.05) is 12.1 Å². The number of likely N-dealkylation sites (tertiary alicyclic amines) is 1. The molecule has 1 aromatic carbocycles. The molecule has 0 radical (unpaired) electrons. The zero-order chi connectivity index (χ0) is 20.3. The lowest BCUT2D eigenvalue weighted by Crippen LogP contribution is -2.65. The van der Waals surface area contributed by atoms with Crippen LogP contribution in [0.4, 0.5) is 0 Å². The first-order valence-corrected chi connectivity index (χ1v) is 10.5. The van der Waals surface area contributed by atoms with E-state index in [9.17, 15) is 0 Å². The van der Waals surface area contributed by atoms with Gasteiger partial charge in [0.05, 0.1) is 6.20 Å². The highest BCUT2D eigenvalue weighted by Crippen LogP contribution is 2.62. The normalized spacial score (nSPS) is 33.0. The average Bonchev–Trinajstić information content (AvgIpc) is 3.12. The molecule has 7 nitrogen and oxygen atoms in total. The molecule has 0 unspecified atom stereocenters. The van der Waals surface area contributed by atoms with E-state index in [0.29, 0.717) is 17.8 Å². The summed E-state index contributed by atoms with van der Waals surface area (Å²) in [5, 5.41) is 0. The molecule has 3 heterocycles. The number of hydrogen-bond donors (Lipinski definition) is 0. The van der Waals surface area contributed by atoms with E-state index in [1.165, 1.54) is 11.1 Å². The maximum Gasteiger partial charge on any atom is 0.232 e. The van der Waals surface area contributed by atoms with Crippen LogP contribution in [0, 0.1) is 5.92 Å². The highest BCUT2D eigenvalue weighted by atomic mass is 16.7. The topological polar surface area (TPSA) is 65.9 Å². The second-order valence-electron chi connectivity index (χ2n) is 8.60. The van der Waals surface area contributed by atoms with Crippen molar-refractivity contribution < 1.29 is 18.9 Å². The molecule has 0 saturated carbocycles. The molecule has 0 N–H and O–H groups in total. The third kappa shape index (κ3) is 2.39. The van der Waals surface area contributed by atoms with Crippen molar-refractivity contribution in [2.45, 2.75) is 36.5 Å². The fourth-order valence-electron chi connectivity index (χ4n) is 6.03. The minimum atomic E-state index is -0.240. The number of likely N-dealkylation sites (N-methyl/N-ethyl adjacent to an activating group) is 1. The van der Waals surface area contributed by atoms with Gasteiger partial charge in [0, 0.05) is 42.4 Å². The lowest BCUT2D eigenvalue weighted by atomic mass is 9.53. The van der Waals surface area contributed by atoms with Gasteiger partial charge in [-0.25, -0.2) is 4.98 Å². The van der Waals surface area contributed by atoms with Crippen LogP contribution in [0.3, 0.4) is 0 Å². The Labute approximate surface area is 175 Å². The van der Waals surface area contributed by atoms with Crippen LogP contribution >= 0.6 is 0 Å². The molecule has 1 fully saturated rings. The molecule has 0 amide bonds. The lowest BCUT2D eigenvalue weighted by molar-refractivity contribution is -0.0397. The summed E-state index contributed by atoms with van der Waals surface area (Å²) in [4.78, 5) is 10.9. The van der Waals surface area contributed by atoms with Gasteiger partial charge in [0.15, 0.2) is 24.4 Å². The Morgan fingerprint density at radius 2 is 2.20 bits per heavy atom. The molecule has 30 heavy (non-hydrogen) atoms. The van der Waals surface area contributed by atoms with Gasteiger partial charge in [-0.05, 0) is 44.1 Å². The van der Waals surface area contributed by atoms with Crippen LogP contribution in [-0.4, -0.2) is 60.6 Å². The highest BCUT2D eigenvalue weighted by molar-refractivity contribution is 5.62. The minimum absolute atomic E-state index is 0.117. The first-order valence-electron chi connectivity index (χ1n) is 10.5. The first kappa shape index (κ1) is 18.2. The Bertz CT molecular complexity index is 997. The number of piperidine rings is 1. The second-order valence-corrected chi connectivity index (χ2v) is 8.60. The van der Waals surface area contributed by atoms with Crippen molar-refractivity contribution in [3.63, 3.8) is 0 Å². The smallest absolute Gasteiger partial charge is 0.232 e. The molecule has 2 aliphatic carbocycles. The van der Waals surface area contributed by atoms with E-state index in [0.717, 1.165) is 30.9 Å². The van der Waals surface area contributed by atoms with Gasteiger partial charge < -0.3 is 23.8 Å². The largest absolute Gasteiger partial charge is 0.481 e. The maximum absolute atomic E-state index is 6.70. The van der Waals surface area contributed by atoms with Gasteiger partial charge >= 0.3 is 0 Å². The number of ether oxygens (including phenoxy) is 4. The average molecular weight is 407 g/mol. The van der Waals surface area contributed by atoms with E-state index in [4.69, 9.17) is 18.9 Å². The Kier molecular flexibility index (Phi) is 4.05. The van der Waals surface area contributed by atoms with E-state index < -0.39 is 0 Å². The molecule has 2 bridgehead atoms. The van der Waals surface area contributed by atoms with Gasteiger partial charge in [0.25, 0.3) is 0 Å². The van der Waals surface area contributed by atoms with Gasteiger partial charge in [0.1, 0.15) is 6.10 Å². The predicted octanol–water partition coefficient (Wildman–Crippen LogP) is 2.35. The van der Waals surface area contributed by atoms with Crippen LogP contribution in [0.25, 0.3) is 0 Å². The molecule has 6 rings (SSSR count). The minimum Gasteiger partial charge on any atom is -0.481 e. The van der Waals surface area contributed by atoms with E-state index >= 15 is 0 Å². The van der Waals surface area contributed by atoms with Crippen molar-refractivity contribution in [2.75, 3.05) is 27.5 Å². The molecule has 7 heteroatoms. The number of rotatable bonds is 5. The zero-order valence-electron chi connectivity index (χ0n) is 17.2. The van der Waals surface area contributed by atoms with Gasteiger partial charge in [-0.15, -0.1) is 0 Å². The van der Waals surface area contributed by atoms with Crippen molar-refractivity contribution in [3.8, 4) is 17.4 Å². The number of methoxy groups -OCH3 is 1. The maximum atomic E-state index is 6.70. The molecular weight excluding hydrogens is 382 g/mol. The molecule has 1 spiro atoms. The monoisotopic (exact) mass is 407 g/mol. The summed E-state index contributed by atoms with van der Waals surface area (Å²) < 4.78 is 24.0. The van der Waals surface area contributed by atoms with E-state index in [2.05, 4.69) is 40.1 Å². The van der Waals surface area contributed by atoms with Crippen molar-refractivity contribution >= 4 is 0 Å². The van der Waals surface area contributed by atoms with E-state index in [-0.39, 0.29) is 24.4 Å². The van der Waals surface area contributed by atoms with Gasteiger partial charge in [-0.3, -0.25) is 4.98 Å². The summed E-state index contributed by atoms with van der Waals surface area (Å²) in [5.41, 5.74) is 2.56.